The van der Waals surface area contributed by atoms with E-state index in [-0.39, 0.29) is 5.69 Å². The molecule has 100 valence electrons. The molecule has 0 bridgehead atoms. The van der Waals surface area contributed by atoms with Gasteiger partial charge in [0.05, 0.1) is 5.52 Å². The number of carbonyl (C=O) groups is 1. The van der Waals surface area contributed by atoms with Crippen LogP contribution in [0.4, 0.5) is 5.69 Å². The van der Waals surface area contributed by atoms with Crippen LogP contribution in [0.15, 0.2) is 30.3 Å². The molecule has 0 spiro atoms. The highest BCUT2D eigenvalue weighted by atomic mass is 16.4. The number of pyridine rings is 1. The molecule has 0 fully saturated rings. The van der Waals surface area contributed by atoms with Crippen LogP contribution in [0.2, 0.25) is 0 Å². The second-order valence-corrected chi connectivity index (χ2v) is 4.43. The van der Waals surface area contributed by atoms with Gasteiger partial charge in [-0.2, -0.15) is 0 Å². The van der Waals surface area contributed by atoms with E-state index >= 15 is 0 Å². The van der Waals surface area contributed by atoms with E-state index in [0.717, 1.165) is 36.1 Å². The fourth-order valence-corrected chi connectivity index (χ4v) is 2.25. The van der Waals surface area contributed by atoms with Crippen molar-refractivity contribution in [2.75, 3.05) is 18.0 Å². The fraction of sp³-hybridized carbons (Fsp3) is 0.333. The van der Waals surface area contributed by atoms with Crippen molar-refractivity contribution in [1.29, 1.82) is 0 Å². The Hall–Kier alpha value is -2.10. The average molecular weight is 258 g/mol. The average Bonchev–Trinajstić information content (AvgIpc) is 2.43. The number of aromatic nitrogens is 1. The van der Waals surface area contributed by atoms with Crippen LogP contribution in [0.1, 0.15) is 30.8 Å². The third-order valence-electron chi connectivity index (χ3n) is 3.13. The minimum absolute atomic E-state index is 0.100. The molecule has 0 aliphatic carbocycles. The maximum atomic E-state index is 11.2. The monoisotopic (exact) mass is 258 g/mol. The zero-order valence-electron chi connectivity index (χ0n) is 11.3. The first-order valence-electron chi connectivity index (χ1n) is 6.55. The normalized spacial score (nSPS) is 10.6. The number of carboxylic acid groups (broad SMARTS) is 1. The second kappa shape index (κ2) is 5.69. The third-order valence-corrected chi connectivity index (χ3v) is 3.13. The van der Waals surface area contributed by atoms with Crippen molar-refractivity contribution in [3.8, 4) is 0 Å². The van der Waals surface area contributed by atoms with E-state index in [2.05, 4.69) is 23.7 Å². The third kappa shape index (κ3) is 2.67. The molecule has 2 rings (SSSR count). The highest BCUT2D eigenvalue weighted by Crippen LogP contribution is 2.27. The molecular weight excluding hydrogens is 240 g/mol. The van der Waals surface area contributed by atoms with Gasteiger partial charge >= 0.3 is 5.97 Å². The van der Waals surface area contributed by atoms with E-state index in [0.29, 0.717) is 0 Å². The number of anilines is 1. The van der Waals surface area contributed by atoms with Gasteiger partial charge in [0, 0.05) is 24.2 Å². The van der Waals surface area contributed by atoms with E-state index in [1.807, 2.05) is 24.3 Å². The lowest BCUT2D eigenvalue weighted by molar-refractivity contribution is 0.0691. The summed E-state index contributed by atoms with van der Waals surface area (Å²) in [6.07, 6.45) is 1.02. The first-order chi connectivity index (χ1) is 9.17. The van der Waals surface area contributed by atoms with Crippen LogP contribution in [0, 0.1) is 0 Å². The van der Waals surface area contributed by atoms with Gasteiger partial charge in [-0.3, -0.25) is 0 Å². The number of nitrogens with zero attached hydrogens (tertiary/aromatic N) is 2. The summed E-state index contributed by atoms with van der Waals surface area (Å²) in [5.41, 5.74) is 1.78. The lowest BCUT2D eigenvalue weighted by Crippen LogP contribution is -2.24. The highest BCUT2D eigenvalue weighted by Gasteiger charge is 2.14. The van der Waals surface area contributed by atoms with E-state index in [4.69, 9.17) is 0 Å². The first-order valence-corrected chi connectivity index (χ1v) is 6.55. The molecule has 0 saturated heterocycles. The van der Waals surface area contributed by atoms with Crippen LogP contribution in [0.5, 0.6) is 0 Å². The van der Waals surface area contributed by atoms with Gasteiger partial charge < -0.3 is 10.0 Å². The zero-order valence-corrected chi connectivity index (χ0v) is 11.3. The Morgan fingerprint density at radius 1 is 1.32 bits per heavy atom. The largest absolute Gasteiger partial charge is 0.477 e. The molecule has 1 aromatic heterocycles. The molecule has 2 aromatic rings. The molecular formula is C15H18N2O2. The van der Waals surface area contributed by atoms with Crippen molar-refractivity contribution in [2.45, 2.75) is 20.3 Å². The highest BCUT2D eigenvalue weighted by molar-refractivity contribution is 5.97. The summed E-state index contributed by atoms with van der Waals surface area (Å²) in [5.74, 6) is -0.987. The summed E-state index contributed by atoms with van der Waals surface area (Å²) in [4.78, 5) is 17.6. The van der Waals surface area contributed by atoms with E-state index in [9.17, 15) is 9.90 Å². The van der Waals surface area contributed by atoms with E-state index < -0.39 is 5.97 Å². The Labute approximate surface area is 112 Å². The molecule has 0 aliphatic heterocycles. The van der Waals surface area contributed by atoms with Gasteiger partial charge in [0.25, 0.3) is 0 Å². The molecule has 0 saturated carbocycles. The van der Waals surface area contributed by atoms with Crippen molar-refractivity contribution in [2.24, 2.45) is 0 Å². The number of hydrogen-bond acceptors (Lipinski definition) is 3. The number of benzene rings is 1. The number of para-hydroxylation sites is 1. The number of fused-ring (bicyclic) bond motifs is 1. The molecule has 0 radical (unpaired) electrons. The molecule has 4 nitrogen and oxygen atoms in total. The molecule has 1 heterocycles. The molecule has 0 aliphatic rings. The van der Waals surface area contributed by atoms with Gasteiger partial charge in [0.2, 0.25) is 0 Å². The summed E-state index contributed by atoms with van der Waals surface area (Å²) >= 11 is 0. The van der Waals surface area contributed by atoms with Crippen molar-refractivity contribution in [3.63, 3.8) is 0 Å². The quantitative estimate of drug-likeness (QED) is 0.895. The second-order valence-electron chi connectivity index (χ2n) is 4.43. The summed E-state index contributed by atoms with van der Waals surface area (Å²) in [6, 6.07) is 9.34. The summed E-state index contributed by atoms with van der Waals surface area (Å²) in [5, 5.41) is 10.2. The lowest BCUT2D eigenvalue weighted by atomic mass is 10.1. The van der Waals surface area contributed by atoms with Crippen molar-refractivity contribution >= 4 is 22.6 Å². The predicted molar refractivity (Wildman–Crippen MR) is 76.9 cm³/mol. The van der Waals surface area contributed by atoms with Gasteiger partial charge in [-0.05, 0) is 25.5 Å². The summed E-state index contributed by atoms with van der Waals surface area (Å²) in [7, 11) is 0. The van der Waals surface area contributed by atoms with E-state index in [1.165, 1.54) is 0 Å². The SMILES string of the molecule is CCCN(CC)c1cc(C(=O)O)nc2ccccc12. The molecule has 0 atom stereocenters. The Morgan fingerprint density at radius 3 is 2.68 bits per heavy atom. The van der Waals surface area contributed by atoms with Crippen molar-refractivity contribution in [1.82, 2.24) is 4.98 Å². The first kappa shape index (κ1) is 13.3. The smallest absolute Gasteiger partial charge is 0.354 e. The van der Waals surface area contributed by atoms with Crippen molar-refractivity contribution < 1.29 is 9.90 Å². The number of aromatic carboxylic acids is 1. The Morgan fingerprint density at radius 2 is 2.05 bits per heavy atom. The topological polar surface area (TPSA) is 53.4 Å². The van der Waals surface area contributed by atoms with Gasteiger partial charge in [0.15, 0.2) is 5.69 Å². The van der Waals surface area contributed by atoms with Gasteiger partial charge in [-0.1, -0.05) is 25.1 Å². The Balaban J connectivity index is 2.65. The van der Waals surface area contributed by atoms with E-state index in [1.54, 1.807) is 6.07 Å². The van der Waals surface area contributed by atoms with Crippen LogP contribution in [-0.2, 0) is 0 Å². The standard InChI is InChI=1S/C15H18N2O2/c1-3-9-17(4-2)14-10-13(15(18)19)16-12-8-6-5-7-11(12)14/h5-8,10H,3-4,9H2,1-2H3,(H,18,19). The molecule has 19 heavy (non-hydrogen) atoms. The number of carboxylic acids is 1. The number of rotatable bonds is 5. The summed E-state index contributed by atoms with van der Waals surface area (Å²) in [6.45, 7) is 5.94. The number of hydrogen-bond donors (Lipinski definition) is 1. The summed E-state index contributed by atoms with van der Waals surface area (Å²) < 4.78 is 0. The van der Waals surface area contributed by atoms with Crippen LogP contribution >= 0.6 is 0 Å². The van der Waals surface area contributed by atoms with Gasteiger partial charge in [-0.15, -0.1) is 0 Å². The predicted octanol–water partition coefficient (Wildman–Crippen LogP) is 3.17. The molecule has 4 heteroatoms. The van der Waals surface area contributed by atoms with Crippen LogP contribution in [0.3, 0.4) is 0 Å². The zero-order chi connectivity index (χ0) is 13.8. The Kier molecular flexibility index (Phi) is 4.00. The van der Waals surface area contributed by atoms with Crippen LogP contribution in [-0.4, -0.2) is 29.1 Å². The maximum Gasteiger partial charge on any atom is 0.354 e. The lowest BCUT2D eigenvalue weighted by Gasteiger charge is -2.24. The molecule has 1 N–H and O–H groups in total. The van der Waals surface area contributed by atoms with Crippen molar-refractivity contribution in [3.05, 3.63) is 36.0 Å². The maximum absolute atomic E-state index is 11.2. The molecule has 0 amide bonds. The minimum Gasteiger partial charge on any atom is -0.477 e. The van der Waals surface area contributed by atoms with Crippen LogP contribution < -0.4 is 4.90 Å². The minimum atomic E-state index is -0.987. The van der Waals surface area contributed by atoms with Gasteiger partial charge in [0.1, 0.15) is 0 Å². The van der Waals surface area contributed by atoms with Crippen LogP contribution in [0.25, 0.3) is 10.9 Å². The molecule has 1 aromatic carbocycles. The fourth-order valence-electron chi connectivity index (χ4n) is 2.25. The molecule has 0 unspecified atom stereocenters. The van der Waals surface area contributed by atoms with Gasteiger partial charge in [-0.25, -0.2) is 9.78 Å². The Bertz CT molecular complexity index is 596.